The molecule has 3 N–H and O–H groups in total. The average molecular weight is 497 g/mol. The number of anilines is 1. The molecule has 4 aromatic rings. The second-order valence-corrected chi connectivity index (χ2v) is 9.92. The Morgan fingerprint density at radius 3 is 2.38 bits per heavy atom. The van der Waals surface area contributed by atoms with E-state index in [1.165, 1.54) is 11.4 Å². The van der Waals surface area contributed by atoms with Gasteiger partial charge in [0.2, 0.25) is 5.91 Å². The number of hydrogen-bond donors (Lipinski definition) is 2. The fraction of sp³-hybridized carbons (Fsp3) is 0.321. The molecule has 9 nitrogen and oxygen atoms in total. The zero-order valence-electron chi connectivity index (χ0n) is 20.5. The summed E-state index contributed by atoms with van der Waals surface area (Å²) < 4.78 is 1.53. The molecular formula is C28H28N6O3. The molecule has 37 heavy (non-hydrogen) atoms. The Hall–Kier alpha value is -4.11. The number of amides is 1. The third kappa shape index (κ3) is 3.86. The molecule has 0 unspecified atom stereocenters. The third-order valence-electron chi connectivity index (χ3n) is 7.75. The molecule has 1 aromatic carbocycles. The molecule has 5 heterocycles. The monoisotopic (exact) mass is 496 g/mol. The lowest BCUT2D eigenvalue weighted by Gasteiger charge is -2.39. The van der Waals surface area contributed by atoms with Gasteiger partial charge in [0.15, 0.2) is 11.4 Å². The first kappa shape index (κ1) is 23.3. The van der Waals surface area contributed by atoms with Crippen LogP contribution in [0.2, 0.25) is 0 Å². The van der Waals surface area contributed by atoms with Gasteiger partial charge in [0.05, 0.1) is 23.1 Å². The Morgan fingerprint density at radius 1 is 1.03 bits per heavy atom. The van der Waals surface area contributed by atoms with Crippen LogP contribution in [0.25, 0.3) is 28.0 Å². The van der Waals surface area contributed by atoms with Gasteiger partial charge in [-0.2, -0.15) is 9.61 Å². The number of carbonyl (C=O) groups excluding carboxylic acids is 2. The number of aromatic nitrogens is 4. The number of pyridine rings is 1. The maximum Gasteiger partial charge on any atom is 0.248 e. The summed E-state index contributed by atoms with van der Waals surface area (Å²) in [6.07, 6.45) is 6.64. The molecular weight excluding hydrogens is 468 g/mol. The highest BCUT2D eigenvalue weighted by Crippen LogP contribution is 2.44. The molecule has 0 radical (unpaired) electrons. The van der Waals surface area contributed by atoms with E-state index in [2.05, 4.69) is 10.1 Å². The van der Waals surface area contributed by atoms with E-state index in [1.54, 1.807) is 12.4 Å². The van der Waals surface area contributed by atoms with Crippen molar-refractivity contribution in [3.63, 3.8) is 0 Å². The third-order valence-corrected chi connectivity index (χ3v) is 7.75. The predicted molar refractivity (Wildman–Crippen MR) is 139 cm³/mol. The first-order valence-corrected chi connectivity index (χ1v) is 12.6. The number of nitrogens with two attached hydrogens (primary N) is 1. The Kier molecular flexibility index (Phi) is 5.72. The average Bonchev–Trinajstić information content (AvgIpc) is 3.46. The van der Waals surface area contributed by atoms with Gasteiger partial charge in [0.1, 0.15) is 12.4 Å². The van der Waals surface area contributed by atoms with E-state index in [9.17, 15) is 14.7 Å². The number of hydrogen-bond acceptors (Lipinski definition) is 7. The zero-order chi connectivity index (χ0) is 25.7. The molecule has 9 heteroatoms. The maximum atomic E-state index is 12.8. The van der Waals surface area contributed by atoms with Crippen molar-refractivity contribution in [2.24, 2.45) is 0 Å². The Balaban J connectivity index is 1.41. The summed E-state index contributed by atoms with van der Waals surface area (Å²) in [5.41, 5.74) is 11.7. The molecule has 188 valence electrons. The number of nitrogens with zero attached hydrogens (tertiary/aromatic N) is 5. The smallest absolute Gasteiger partial charge is 0.248 e. The van der Waals surface area contributed by atoms with Crippen molar-refractivity contribution in [1.29, 1.82) is 0 Å². The van der Waals surface area contributed by atoms with Gasteiger partial charge in [-0.25, -0.2) is 4.98 Å². The summed E-state index contributed by atoms with van der Waals surface area (Å²) >= 11 is 0. The number of aliphatic hydroxyl groups excluding tert-OH is 1. The normalized spacial score (nSPS) is 20.9. The van der Waals surface area contributed by atoms with Gasteiger partial charge in [-0.1, -0.05) is 36.4 Å². The number of rotatable bonds is 5. The number of carbonyl (C=O) groups is 2. The van der Waals surface area contributed by atoms with Crippen molar-refractivity contribution in [1.82, 2.24) is 24.5 Å². The number of benzene rings is 1. The lowest BCUT2D eigenvalue weighted by atomic mass is 9.85. The van der Waals surface area contributed by atoms with Crippen LogP contribution in [0.1, 0.15) is 54.6 Å². The van der Waals surface area contributed by atoms with Crippen LogP contribution in [-0.2, 0) is 4.79 Å². The van der Waals surface area contributed by atoms with E-state index in [-0.39, 0.29) is 35.5 Å². The fourth-order valence-electron chi connectivity index (χ4n) is 6.11. The van der Waals surface area contributed by atoms with Crippen molar-refractivity contribution in [2.45, 2.75) is 50.6 Å². The van der Waals surface area contributed by atoms with Crippen LogP contribution < -0.4 is 5.73 Å². The summed E-state index contributed by atoms with van der Waals surface area (Å²) in [5, 5.41) is 13.9. The molecule has 2 fully saturated rings. The summed E-state index contributed by atoms with van der Waals surface area (Å²) in [6, 6.07) is 14.0. The lowest BCUT2D eigenvalue weighted by Crippen LogP contribution is -2.47. The minimum absolute atomic E-state index is 0.0206. The molecule has 1 amide bonds. The van der Waals surface area contributed by atoms with E-state index < -0.39 is 6.61 Å². The number of piperidine rings is 1. The predicted octanol–water partition coefficient (Wildman–Crippen LogP) is 3.47. The van der Waals surface area contributed by atoms with E-state index in [1.807, 2.05) is 47.4 Å². The number of nitrogen functional groups attached to an aromatic ring is 1. The van der Waals surface area contributed by atoms with Crippen LogP contribution in [-0.4, -0.2) is 60.0 Å². The summed E-state index contributed by atoms with van der Waals surface area (Å²) in [4.78, 5) is 36.6. The molecule has 3 aromatic heterocycles. The Bertz CT molecular complexity index is 1480. The highest BCUT2D eigenvalue weighted by molar-refractivity contribution is 6.00. The minimum atomic E-state index is -0.482. The van der Waals surface area contributed by atoms with E-state index in [4.69, 9.17) is 10.7 Å². The summed E-state index contributed by atoms with van der Waals surface area (Å²) in [7, 11) is 0. The second kappa shape index (κ2) is 9.08. The van der Waals surface area contributed by atoms with Gasteiger partial charge in [-0.05, 0) is 38.7 Å². The number of aliphatic hydroxyl groups is 1. The maximum absolute atomic E-state index is 12.8. The van der Waals surface area contributed by atoms with Crippen molar-refractivity contribution in [2.75, 3.05) is 12.3 Å². The van der Waals surface area contributed by atoms with Crippen LogP contribution in [0.5, 0.6) is 0 Å². The minimum Gasteiger partial charge on any atom is -0.387 e. The fourth-order valence-corrected chi connectivity index (χ4v) is 6.11. The number of Topliss-reactive ketones (excluding diaryl/α,β-unsaturated/α-hetero) is 1. The largest absolute Gasteiger partial charge is 0.387 e. The molecule has 2 saturated heterocycles. The first-order valence-electron chi connectivity index (χ1n) is 12.6. The first-order chi connectivity index (χ1) is 18.0. The van der Waals surface area contributed by atoms with Crippen LogP contribution >= 0.6 is 0 Å². The van der Waals surface area contributed by atoms with Gasteiger partial charge in [0.25, 0.3) is 0 Å². The number of fused-ring (bicyclic) bond motifs is 3. The lowest BCUT2D eigenvalue weighted by molar-refractivity contribution is -0.138. The van der Waals surface area contributed by atoms with E-state index in [0.29, 0.717) is 29.7 Å². The van der Waals surface area contributed by atoms with E-state index >= 15 is 0 Å². The van der Waals surface area contributed by atoms with Gasteiger partial charge in [-0.15, -0.1) is 0 Å². The Labute approximate surface area is 214 Å². The quantitative estimate of drug-likeness (QED) is 0.405. The molecule has 0 saturated carbocycles. The summed E-state index contributed by atoms with van der Waals surface area (Å²) in [5.74, 6) is -0.138. The van der Waals surface area contributed by atoms with Crippen LogP contribution in [0.15, 0.2) is 54.9 Å². The van der Waals surface area contributed by atoms with Crippen LogP contribution in [0, 0.1) is 0 Å². The van der Waals surface area contributed by atoms with Gasteiger partial charge in [0, 0.05) is 40.9 Å². The molecule has 0 aliphatic carbocycles. The standard InChI is InChI=1S/C28H28N6O3/c1-16(36)25-26(19-11-20-8-9-21(12-19)33(20)24(37)15-35)32-28-22(14-31-34(28)27(25)29)18-7-10-23(30-13-18)17-5-3-2-4-6-17/h2-7,10,13-14,19-21,35H,8-9,11-12,15,29H2,1H3/t20-,21-/m1/s1. The topological polar surface area (TPSA) is 127 Å². The molecule has 2 atom stereocenters. The van der Waals surface area contributed by atoms with Crippen LogP contribution in [0.3, 0.4) is 0 Å². The van der Waals surface area contributed by atoms with Gasteiger partial charge < -0.3 is 15.7 Å². The highest BCUT2D eigenvalue weighted by atomic mass is 16.3. The van der Waals surface area contributed by atoms with E-state index in [0.717, 1.165) is 35.2 Å². The molecule has 0 spiro atoms. The molecule has 2 bridgehead atoms. The highest BCUT2D eigenvalue weighted by Gasteiger charge is 2.44. The van der Waals surface area contributed by atoms with Crippen LogP contribution in [0.4, 0.5) is 5.82 Å². The molecule has 2 aliphatic heterocycles. The van der Waals surface area contributed by atoms with Crippen molar-refractivity contribution < 1.29 is 14.7 Å². The SMILES string of the molecule is CC(=O)c1c(C2C[C@H]3CC[C@H](C2)N3C(=O)CO)nc2c(-c3ccc(-c4ccccc4)nc3)cnn2c1N. The number of ketones is 1. The van der Waals surface area contributed by atoms with Crippen molar-refractivity contribution in [3.05, 3.63) is 66.1 Å². The molecule has 2 aliphatic rings. The Morgan fingerprint density at radius 2 is 1.76 bits per heavy atom. The van der Waals surface area contributed by atoms with Gasteiger partial charge >= 0.3 is 0 Å². The zero-order valence-corrected chi connectivity index (χ0v) is 20.5. The second-order valence-electron chi connectivity index (χ2n) is 9.92. The van der Waals surface area contributed by atoms with Gasteiger partial charge in [-0.3, -0.25) is 14.6 Å². The van der Waals surface area contributed by atoms with Crippen molar-refractivity contribution >= 4 is 23.2 Å². The van der Waals surface area contributed by atoms with Crippen molar-refractivity contribution in [3.8, 4) is 22.4 Å². The summed E-state index contributed by atoms with van der Waals surface area (Å²) in [6.45, 7) is 1.02. The molecule has 6 rings (SSSR count).